The fraction of sp³-hybridized carbons (Fsp3) is 0.227. The van der Waals surface area contributed by atoms with Crippen LogP contribution in [0.5, 0.6) is 0 Å². The van der Waals surface area contributed by atoms with Crippen LogP contribution in [0.25, 0.3) is 21.9 Å². The van der Waals surface area contributed by atoms with Crippen molar-refractivity contribution in [3.8, 4) is 0 Å². The topological polar surface area (TPSA) is 57.0 Å². The van der Waals surface area contributed by atoms with Crippen LogP contribution in [0.15, 0.2) is 54.7 Å². The number of carbonyl (C=O) groups is 1. The van der Waals surface area contributed by atoms with Crippen LogP contribution in [0.1, 0.15) is 28.2 Å². The number of hydrogen-bond donors (Lipinski definition) is 0. The minimum Gasteiger partial charge on any atom is -0.465 e. The maximum Gasteiger partial charge on any atom is 0.389 e. The number of rotatable bonds is 5. The van der Waals surface area contributed by atoms with Crippen LogP contribution >= 0.6 is 0 Å². The Bertz CT molecular complexity index is 1210. The average molecular weight is 413 g/mol. The summed E-state index contributed by atoms with van der Waals surface area (Å²) in [5.74, 6) is -0.102. The van der Waals surface area contributed by atoms with Crippen LogP contribution in [0.4, 0.5) is 13.2 Å². The molecule has 0 radical (unpaired) electrons. The molecule has 0 spiro atoms. The van der Waals surface area contributed by atoms with Gasteiger partial charge in [0.15, 0.2) is 0 Å². The highest BCUT2D eigenvalue weighted by molar-refractivity contribution is 6.02. The van der Waals surface area contributed by atoms with Gasteiger partial charge in [0.25, 0.3) is 0 Å². The van der Waals surface area contributed by atoms with Crippen LogP contribution in [-0.2, 0) is 17.7 Å². The van der Waals surface area contributed by atoms with Crippen LogP contribution in [0.3, 0.4) is 0 Å². The summed E-state index contributed by atoms with van der Waals surface area (Å²) >= 11 is 0. The fourth-order valence-corrected chi connectivity index (χ4v) is 3.47. The van der Waals surface area contributed by atoms with Gasteiger partial charge in [-0.2, -0.15) is 13.2 Å². The second kappa shape index (κ2) is 7.78. The van der Waals surface area contributed by atoms with Gasteiger partial charge in [-0.05, 0) is 23.8 Å². The van der Waals surface area contributed by atoms with Crippen molar-refractivity contribution < 1.29 is 22.7 Å². The Morgan fingerprint density at radius 3 is 2.50 bits per heavy atom. The van der Waals surface area contributed by atoms with E-state index >= 15 is 0 Å². The first-order chi connectivity index (χ1) is 14.4. The molecule has 2 aromatic carbocycles. The second-order valence-corrected chi connectivity index (χ2v) is 6.93. The quantitative estimate of drug-likeness (QED) is 0.436. The molecule has 0 saturated heterocycles. The van der Waals surface area contributed by atoms with Crippen LogP contribution in [-0.4, -0.2) is 33.8 Å². The maximum atomic E-state index is 12.9. The second-order valence-electron chi connectivity index (χ2n) is 6.93. The SMILES string of the molecule is COC(=O)c1ccc(Cn2c(CCC(F)(F)F)nc3cnc4ccccc4c32)cc1. The number of pyridine rings is 1. The molecule has 0 unspecified atom stereocenters. The third-order valence-corrected chi connectivity index (χ3v) is 4.91. The summed E-state index contributed by atoms with van der Waals surface area (Å²) < 4.78 is 45.1. The highest BCUT2D eigenvalue weighted by Crippen LogP contribution is 2.28. The molecule has 2 heterocycles. The zero-order valence-corrected chi connectivity index (χ0v) is 16.1. The number of para-hydroxylation sites is 1. The standard InChI is InChI=1S/C22H18F3N3O2/c1-30-21(29)15-8-6-14(7-9-15)13-28-19(10-11-22(23,24)25)27-18-12-26-17-5-3-2-4-16(17)20(18)28/h2-9,12H,10-11,13H2,1H3. The molecule has 0 fully saturated rings. The van der Waals surface area contributed by atoms with Crippen molar-refractivity contribution in [2.24, 2.45) is 0 Å². The van der Waals surface area contributed by atoms with Crippen molar-refractivity contribution in [1.29, 1.82) is 0 Å². The number of esters is 1. The Hall–Kier alpha value is -3.42. The van der Waals surface area contributed by atoms with Gasteiger partial charge in [0.05, 0.1) is 36.3 Å². The first-order valence-corrected chi connectivity index (χ1v) is 9.32. The van der Waals surface area contributed by atoms with Gasteiger partial charge >= 0.3 is 12.1 Å². The average Bonchev–Trinajstić information content (AvgIpc) is 3.09. The van der Waals surface area contributed by atoms with E-state index < -0.39 is 18.6 Å². The van der Waals surface area contributed by atoms with E-state index in [9.17, 15) is 18.0 Å². The van der Waals surface area contributed by atoms with E-state index in [4.69, 9.17) is 4.74 Å². The molecule has 154 valence electrons. The molecule has 5 nitrogen and oxygen atoms in total. The van der Waals surface area contributed by atoms with Gasteiger partial charge in [-0.15, -0.1) is 0 Å². The minimum absolute atomic E-state index is 0.229. The molecule has 0 saturated carbocycles. The molecule has 8 heteroatoms. The molecule has 0 amide bonds. The smallest absolute Gasteiger partial charge is 0.389 e. The third-order valence-electron chi connectivity index (χ3n) is 4.91. The predicted molar refractivity (Wildman–Crippen MR) is 106 cm³/mol. The molecule has 0 atom stereocenters. The number of nitrogens with zero attached hydrogens (tertiary/aromatic N) is 3. The van der Waals surface area contributed by atoms with Gasteiger partial charge in [-0.3, -0.25) is 4.98 Å². The third kappa shape index (κ3) is 3.98. The number of aromatic nitrogens is 3. The lowest BCUT2D eigenvalue weighted by atomic mass is 10.1. The largest absolute Gasteiger partial charge is 0.465 e. The molecular formula is C22H18F3N3O2. The summed E-state index contributed by atoms with van der Waals surface area (Å²) in [6, 6.07) is 14.2. The van der Waals surface area contributed by atoms with Crippen LogP contribution < -0.4 is 0 Å². The summed E-state index contributed by atoms with van der Waals surface area (Å²) in [5, 5.41) is 0.826. The number of ether oxygens (including phenoxy) is 1. The number of aryl methyl sites for hydroxylation is 1. The molecule has 0 aliphatic heterocycles. The molecule has 0 aliphatic rings. The highest BCUT2D eigenvalue weighted by Gasteiger charge is 2.28. The monoisotopic (exact) mass is 413 g/mol. The molecule has 0 aliphatic carbocycles. The van der Waals surface area contributed by atoms with Gasteiger partial charge in [-0.1, -0.05) is 30.3 Å². The summed E-state index contributed by atoms with van der Waals surface area (Å²) in [5.41, 5.74) is 3.28. The molecule has 4 aromatic rings. The van der Waals surface area contributed by atoms with Gasteiger partial charge in [0, 0.05) is 18.4 Å². The Balaban J connectivity index is 1.80. The van der Waals surface area contributed by atoms with Gasteiger partial charge < -0.3 is 9.30 Å². The van der Waals surface area contributed by atoms with E-state index in [2.05, 4.69) is 9.97 Å². The van der Waals surface area contributed by atoms with Crippen molar-refractivity contribution in [3.63, 3.8) is 0 Å². The number of benzene rings is 2. The van der Waals surface area contributed by atoms with Crippen molar-refractivity contribution in [2.75, 3.05) is 7.11 Å². The van der Waals surface area contributed by atoms with E-state index in [0.29, 0.717) is 23.4 Å². The van der Waals surface area contributed by atoms with E-state index in [1.165, 1.54) is 7.11 Å². The lowest BCUT2D eigenvalue weighted by Gasteiger charge is -2.12. The molecule has 4 rings (SSSR count). The number of hydrogen-bond acceptors (Lipinski definition) is 4. The minimum atomic E-state index is -4.27. The summed E-state index contributed by atoms with van der Waals surface area (Å²) in [6.45, 7) is 0.319. The van der Waals surface area contributed by atoms with Crippen molar-refractivity contribution in [3.05, 3.63) is 71.7 Å². The van der Waals surface area contributed by atoms with E-state index in [0.717, 1.165) is 22.0 Å². The summed E-state index contributed by atoms with van der Waals surface area (Å²) in [6.07, 6.45) is -3.87. The zero-order valence-electron chi connectivity index (χ0n) is 16.1. The number of methoxy groups -OCH3 is 1. The highest BCUT2D eigenvalue weighted by atomic mass is 19.4. The van der Waals surface area contributed by atoms with Crippen molar-refractivity contribution in [2.45, 2.75) is 25.6 Å². The Kier molecular flexibility index (Phi) is 5.15. The molecule has 30 heavy (non-hydrogen) atoms. The number of imidazole rings is 1. The summed E-state index contributed by atoms with van der Waals surface area (Å²) in [4.78, 5) is 20.5. The fourth-order valence-electron chi connectivity index (χ4n) is 3.47. The molecular weight excluding hydrogens is 395 g/mol. The van der Waals surface area contributed by atoms with E-state index in [1.807, 2.05) is 24.3 Å². The predicted octanol–water partition coefficient (Wildman–Crippen LogP) is 4.91. The molecule has 0 bridgehead atoms. The van der Waals surface area contributed by atoms with E-state index in [-0.39, 0.29) is 6.42 Å². The first kappa shape index (κ1) is 19.9. The number of fused-ring (bicyclic) bond motifs is 3. The Morgan fingerprint density at radius 2 is 1.80 bits per heavy atom. The lowest BCUT2D eigenvalue weighted by molar-refractivity contribution is -0.134. The Morgan fingerprint density at radius 1 is 1.07 bits per heavy atom. The number of halogens is 3. The van der Waals surface area contributed by atoms with E-state index in [1.54, 1.807) is 35.0 Å². The normalized spacial score (nSPS) is 11.9. The van der Waals surface area contributed by atoms with Crippen molar-refractivity contribution in [1.82, 2.24) is 14.5 Å². The zero-order chi connectivity index (χ0) is 21.3. The molecule has 0 N–H and O–H groups in total. The van der Waals surface area contributed by atoms with Crippen molar-refractivity contribution >= 4 is 27.9 Å². The van der Waals surface area contributed by atoms with Crippen LogP contribution in [0, 0.1) is 0 Å². The van der Waals surface area contributed by atoms with Gasteiger partial charge in [0.2, 0.25) is 0 Å². The first-order valence-electron chi connectivity index (χ1n) is 9.32. The Labute approximate surface area is 170 Å². The van der Waals surface area contributed by atoms with Gasteiger partial charge in [0.1, 0.15) is 11.3 Å². The summed E-state index contributed by atoms with van der Waals surface area (Å²) in [7, 11) is 1.31. The van der Waals surface area contributed by atoms with Crippen LogP contribution in [0.2, 0.25) is 0 Å². The van der Waals surface area contributed by atoms with Gasteiger partial charge in [-0.25, -0.2) is 9.78 Å². The number of carbonyl (C=O) groups excluding carboxylic acids is 1. The maximum absolute atomic E-state index is 12.9. The number of alkyl halides is 3. The lowest BCUT2D eigenvalue weighted by Crippen LogP contribution is -2.12. The molecule has 2 aromatic heterocycles.